The summed E-state index contributed by atoms with van der Waals surface area (Å²) in [6.45, 7) is 8.67. The highest BCUT2D eigenvalue weighted by molar-refractivity contribution is 5.30. The van der Waals surface area contributed by atoms with Crippen molar-refractivity contribution in [2.45, 2.75) is 53.0 Å². The van der Waals surface area contributed by atoms with E-state index in [9.17, 15) is 0 Å². The number of hydrogen-bond donors (Lipinski definition) is 1. The number of rotatable bonds is 2. The van der Waals surface area contributed by atoms with Crippen molar-refractivity contribution in [1.82, 2.24) is 9.97 Å². The zero-order valence-corrected chi connectivity index (χ0v) is 10.7. The predicted molar refractivity (Wildman–Crippen MR) is 66.5 cm³/mol. The molecule has 1 aliphatic rings. The number of aryl methyl sites for hydroxylation is 2. The second-order valence-corrected chi connectivity index (χ2v) is 5.55. The van der Waals surface area contributed by atoms with Crippen LogP contribution in [-0.2, 0) is 0 Å². The van der Waals surface area contributed by atoms with Crippen LogP contribution in [0.4, 0.5) is 5.95 Å². The van der Waals surface area contributed by atoms with E-state index in [2.05, 4.69) is 29.1 Å². The van der Waals surface area contributed by atoms with Crippen LogP contribution in [0.5, 0.6) is 0 Å². The first-order valence-electron chi connectivity index (χ1n) is 6.06. The highest BCUT2D eigenvalue weighted by Gasteiger charge is 2.34. The second kappa shape index (κ2) is 4.04. The van der Waals surface area contributed by atoms with Gasteiger partial charge < -0.3 is 5.32 Å². The first-order chi connectivity index (χ1) is 7.47. The highest BCUT2D eigenvalue weighted by Crippen LogP contribution is 2.38. The van der Waals surface area contributed by atoms with E-state index >= 15 is 0 Å². The third-order valence-corrected chi connectivity index (χ3v) is 3.54. The van der Waals surface area contributed by atoms with Crippen molar-refractivity contribution in [3.63, 3.8) is 0 Å². The van der Waals surface area contributed by atoms with Crippen LogP contribution in [0.15, 0.2) is 6.07 Å². The van der Waals surface area contributed by atoms with Crippen LogP contribution in [0.3, 0.4) is 0 Å². The molecule has 0 amide bonds. The van der Waals surface area contributed by atoms with E-state index < -0.39 is 0 Å². The molecule has 1 N–H and O–H groups in total. The quantitative estimate of drug-likeness (QED) is 0.830. The lowest BCUT2D eigenvalue weighted by Crippen LogP contribution is -2.31. The molecule has 1 atom stereocenters. The van der Waals surface area contributed by atoms with E-state index in [1.54, 1.807) is 0 Å². The molecule has 1 unspecified atom stereocenters. The SMILES string of the molecule is Cc1cc(C)nc(NC2CCCC2(C)C)n1. The fraction of sp³-hybridized carbons (Fsp3) is 0.692. The minimum absolute atomic E-state index is 0.362. The van der Waals surface area contributed by atoms with Gasteiger partial charge in [0, 0.05) is 17.4 Å². The Morgan fingerprint density at radius 3 is 2.38 bits per heavy atom. The third-order valence-electron chi connectivity index (χ3n) is 3.54. The first-order valence-corrected chi connectivity index (χ1v) is 6.06. The molecule has 1 aromatic heterocycles. The molecule has 0 spiro atoms. The van der Waals surface area contributed by atoms with E-state index in [0.717, 1.165) is 17.3 Å². The molecule has 1 saturated carbocycles. The minimum Gasteiger partial charge on any atom is -0.351 e. The molecule has 16 heavy (non-hydrogen) atoms. The number of nitrogens with zero attached hydrogens (tertiary/aromatic N) is 2. The molecule has 1 aliphatic carbocycles. The van der Waals surface area contributed by atoms with Crippen molar-refractivity contribution < 1.29 is 0 Å². The van der Waals surface area contributed by atoms with E-state index in [1.807, 2.05) is 19.9 Å². The van der Waals surface area contributed by atoms with Crippen LogP contribution >= 0.6 is 0 Å². The van der Waals surface area contributed by atoms with E-state index in [0.29, 0.717) is 11.5 Å². The standard InChI is InChI=1S/C13H21N3/c1-9-8-10(2)15-12(14-9)16-11-6-5-7-13(11,3)4/h8,11H,5-7H2,1-4H3,(H,14,15,16). The predicted octanol–water partition coefficient (Wildman–Crippen LogP) is 3.08. The van der Waals surface area contributed by atoms with Gasteiger partial charge in [-0.3, -0.25) is 0 Å². The Balaban J connectivity index is 2.14. The Hall–Kier alpha value is -1.12. The van der Waals surface area contributed by atoms with Crippen LogP contribution in [0.25, 0.3) is 0 Å². The van der Waals surface area contributed by atoms with Gasteiger partial charge in [-0.25, -0.2) is 9.97 Å². The maximum Gasteiger partial charge on any atom is 0.223 e. The van der Waals surface area contributed by atoms with Crippen molar-refractivity contribution in [3.05, 3.63) is 17.5 Å². The van der Waals surface area contributed by atoms with Gasteiger partial charge in [0.05, 0.1) is 0 Å². The lowest BCUT2D eigenvalue weighted by atomic mass is 9.87. The molecule has 1 aromatic rings. The average molecular weight is 219 g/mol. The smallest absolute Gasteiger partial charge is 0.223 e. The average Bonchev–Trinajstić information content (AvgIpc) is 2.44. The number of anilines is 1. The fourth-order valence-corrected chi connectivity index (χ4v) is 2.54. The van der Waals surface area contributed by atoms with Crippen LogP contribution in [0.2, 0.25) is 0 Å². The second-order valence-electron chi connectivity index (χ2n) is 5.55. The summed E-state index contributed by atoms with van der Waals surface area (Å²) in [5.41, 5.74) is 2.43. The van der Waals surface area contributed by atoms with Crippen LogP contribution in [-0.4, -0.2) is 16.0 Å². The van der Waals surface area contributed by atoms with Gasteiger partial charge in [-0.05, 0) is 38.2 Å². The molecule has 3 nitrogen and oxygen atoms in total. The topological polar surface area (TPSA) is 37.8 Å². The van der Waals surface area contributed by atoms with Crippen molar-refractivity contribution >= 4 is 5.95 Å². The minimum atomic E-state index is 0.362. The molecule has 0 aromatic carbocycles. The van der Waals surface area contributed by atoms with Crippen molar-refractivity contribution in [1.29, 1.82) is 0 Å². The lowest BCUT2D eigenvalue weighted by Gasteiger charge is -2.27. The largest absolute Gasteiger partial charge is 0.351 e. The maximum atomic E-state index is 4.44. The summed E-state index contributed by atoms with van der Waals surface area (Å²) in [7, 11) is 0. The monoisotopic (exact) mass is 219 g/mol. The van der Waals surface area contributed by atoms with Gasteiger partial charge in [-0.1, -0.05) is 20.3 Å². The van der Waals surface area contributed by atoms with Gasteiger partial charge in [0.2, 0.25) is 5.95 Å². The Bertz CT molecular complexity index is 365. The molecule has 1 fully saturated rings. The van der Waals surface area contributed by atoms with Crippen LogP contribution in [0, 0.1) is 19.3 Å². The van der Waals surface area contributed by atoms with Gasteiger partial charge in [-0.2, -0.15) is 0 Å². The maximum absolute atomic E-state index is 4.44. The molecule has 2 rings (SSSR count). The zero-order chi connectivity index (χ0) is 11.8. The van der Waals surface area contributed by atoms with Gasteiger partial charge in [0.1, 0.15) is 0 Å². The lowest BCUT2D eigenvalue weighted by molar-refractivity contribution is 0.348. The summed E-state index contributed by atoms with van der Waals surface area (Å²) in [5, 5.41) is 3.49. The molecule has 3 heteroatoms. The third kappa shape index (κ3) is 2.34. The number of nitrogens with one attached hydrogen (secondary N) is 1. The first kappa shape index (κ1) is 11.4. The van der Waals surface area contributed by atoms with E-state index in [-0.39, 0.29) is 0 Å². The molecule has 1 heterocycles. The highest BCUT2D eigenvalue weighted by atomic mass is 15.1. The van der Waals surface area contributed by atoms with Crippen LogP contribution < -0.4 is 5.32 Å². The fourth-order valence-electron chi connectivity index (χ4n) is 2.54. The molecule has 88 valence electrons. The molecule has 0 radical (unpaired) electrons. The summed E-state index contributed by atoms with van der Waals surface area (Å²) in [6.07, 6.45) is 3.81. The molecule has 0 saturated heterocycles. The number of hydrogen-bond acceptors (Lipinski definition) is 3. The summed E-state index contributed by atoms with van der Waals surface area (Å²) >= 11 is 0. The van der Waals surface area contributed by atoms with Gasteiger partial charge in [0.15, 0.2) is 0 Å². The van der Waals surface area contributed by atoms with Crippen molar-refractivity contribution in [3.8, 4) is 0 Å². The molecular formula is C13H21N3. The summed E-state index contributed by atoms with van der Waals surface area (Å²) in [4.78, 5) is 8.88. The Labute approximate surface area is 97.7 Å². The van der Waals surface area contributed by atoms with Crippen molar-refractivity contribution in [2.24, 2.45) is 5.41 Å². The number of aromatic nitrogens is 2. The summed E-state index contributed by atoms with van der Waals surface area (Å²) < 4.78 is 0. The van der Waals surface area contributed by atoms with E-state index in [1.165, 1.54) is 19.3 Å². The Kier molecular flexibility index (Phi) is 2.87. The molecular weight excluding hydrogens is 198 g/mol. The summed E-state index contributed by atoms with van der Waals surface area (Å²) in [6, 6.07) is 2.51. The van der Waals surface area contributed by atoms with E-state index in [4.69, 9.17) is 0 Å². The van der Waals surface area contributed by atoms with Crippen LogP contribution in [0.1, 0.15) is 44.5 Å². The van der Waals surface area contributed by atoms with Gasteiger partial charge >= 0.3 is 0 Å². The summed E-state index contributed by atoms with van der Waals surface area (Å²) in [5.74, 6) is 0.789. The molecule has 0 aliphatic heterocycles. The van der Waals surface area contributed by atoms with Gasteiger partial charge in [0.25, 0.3) is 0 Å². The van der Waals surface area contributed by atoms with Crippen molar-refractivity contribution in [2.75, 3.05) is 5.32 Å². The zero-order valence-electron chi connectivity index (χ0n) is 10.7. The molecule has 0 bridgehead atoms. The Morgan fingerprint density at radius 1 is 1.25 bits per heavy atom. The Morgan fingerprint density at radius 2 is 1.88 bits per heavy atom. The van der Waals surface area contributed by atoms with Gasteiger partial charge in [-0.15, -0.1) is 0 Å². The normalized spacial score (nSPS) is 23.4.